The van der Waals surface area contributed by atoms with Gasteiger partial charge in [-0.2, -0.15) is 0 Å². The van der Waals surface area contributed by atoms with Crippen LogP contribution in [0.1, 0.15) is 99.7 Å². The van der Waals surface area contributed by atoms with E-state index >= 15 is 0 Å². The van der Waals surface area contributed by atoms with Crippen molar-refractivity contribution >= 4 is 24.2 Å². The third kappa shape index (κ3) is 6.27. The highest BCUT2D eigenvalue weighted by atomic mass is 35.5. The van der Waals surface area contributed by atoms with Gasteiger partial charge in [-0.25, -0.2) is 0 Å². The molecule has 4 fully saturated rings. The van der Waals surface area contributed by atoms with Crippen molar-refractivity contribution in [3.63, 3.8) is 0 Å². The Balaban J connectivity index is 0.00000353. The van der Waals surface area contributed by atoms with E-state index in [0.29, 0.717) is 31.2 Å². The van der Waals surface area contributed by atoms with Crippen molar-refractivity contribution in [1.82, 2.24) is 15.1 Å². The fraction of sp³-hybridized carbons (Fsp3) is 0.600. The molecule has 2 aromatic carbocycles. The summed E-state index contributed by atoms with van der Waals surface area (Å²) in [6.45, 7) is 5.12. The molecule has 1 spiro atoms. The highest BCUT2D eigenvalue weighted by molar-refractivity contribution is 6.00. The monoisotopic (exact) mass is 593 g/mol. The molecule has 2 saturated heterocycles. The second-order valence-corrected chi connectivity index (χ2v) is 13.1. The Morgan fingerprint density at radius 2 is 1.57 bits per heavy atom. The number of hydrogen-bond acceptors (Lipinski definition) is 4. The fourth-order valence-electron chi connectivity index (χ4n) is 7.80. The van der Waals surface area contributed by atoms with E-state index in [2.05, 4.69) is 71.7 Å². The summed E-state index contributed by atoms with van der Waals surface area (Å²) in [5, 5.41) is 14.2. The molecule has 4 atom stereocenters. The zero-order valence-electron chi connectivity index (χ0n) is 25.0. The summed E-state index contributed by atoms with van der Waals surface area (Å²) in [5.41, 5.74) is 3.36. The molecule has 2 amide bonds. The van der Waals surface area contributed by atoms with Crippen molar-refractivity contribution in [2.75, 3.05) is 19.6 Å². The van der Waals surface area contributed by atoms with Gasteiger partial charge in [-0.1, -0.05) is 87.2 Å². The van der Waals surface area contributed by atoms with Gasteiger partial charge in [-0.15, -0.1) is 12.4 Å². The third-order valence-corrected chi connectivity index (χ3v) is 10.5. The lowest BCUT2D eigenvalue weighted by Gasteiger charge is -2.52. The highest BCUT2D eigenvalue weighted by Crippen LogP contribution is 2.54. The van der Waals surface area contributed by atoms with E-state index in [0.717, 1.165) is 58.2 Å². The van der Waals surface area contributed by atoms with Crippen LogP contribution < -0.4 is 5.32 Å². The molecule has 6 nitrogen and oxygen atoms in total. The van der Waals surface area contributed by atoms with Crippen molar-refractivity contribution in [3.8, 4) is 0 Å². The number of amides is 2. The summed E-state index contributed by atoms with van der Waals surface area (Å²) in [4.78, 5) is 31.9. The van der Waals surface area contributed by atoms with Crippen molar-refractivity contribution < 1.29 is 14.7 Å². The first kappa shape index (κ1) is 31.0. The van der Waals surface area contributed by atoms with Crippen LogP contribution in [0.3, 0.4) is 0 Å². The molecule has 0 aromatic heterocycles. The number of piperazine rings is 1. The topological polar surface area (TPSA) is 72.9 Å². The maximum absolute atomic E-state index is 13.9. The van der Waals surface area contributed by atoms with Crippen LogP contribution in [-0.4, -0.2) is 64.0 Å². The van der Waals surface area contributed by atoms with E-state index in [1.54, 1.807) is 0 Å². The molecular formula is C35H48ClN3O3. The van der Waals surface area contributed by atoms with Gasteiger partial charge in [0.05, 0.1) is 6.10 Å². The van der Waals surface area contributed by atoms with Gasteiger partial charge in [0.25, 0.3) is 0 Å². The summed E-state index contributed by atoms with van der Waals surface area (Å²) < 4.78 is 0. The standard InChI is InChI=1S/C35H47N3O3.ClH/c1-2-3-20-38-33(40)31(32(39)28-12-8-5-9-13-28)36-34(41)35(38)18-21-37(22-19-35)24-25-14-16-27(17-15-25)30-23-29(30)26-10-6-4-7-11-26;/h4,6-7,10-11,14-17,28-32,39H,2-3,5,8-9,12-13,18-24H2,1H3,(H,36,41);1H/t29?,30?,31-,32-;/m1./s1. The molecule has 2 aromatic rings. The van der Waals surface area contributed by atoms with Gasteiger partial charge in [0.1, 0.15) is 11.6 Å². The number of aliphatic hydroxyl groups excluding tert-OH is 1. The number of hydrogen-bond donors (Lipinski definition) is 2. The molecule has 228 valence electrons. The zero-order chi connectivity index (χ0) is 28.4. The zero-order valence-corrected chi connectivity index (χ0v) is 25.9. The van der Waals surface area contributed by atoms with E-state index in [-0.39, 0.29) is 30.1 Å². The molecule has 42 heavy (non-hydrogen) atoms. The van der Waals surface area contributed by atoms with Crippen LogP contribution in [0.15, 0.2) is 54.6 Å². The van der Waals surface area contributed by atoms with Crippen molar-refractivity contribution in [1.29, 1.82) is 0 Å². The molecule has 2 saturated carbocycles. The summed E-state index contributed by atoms with van der Waals surface area (Å²) in [5.74, 6) is 1.22. The lowest BCUT2D eigenvalue weighted by Crippen LogP contribution is -2.75. The molecule has 0 bridgehead atoms. The lowest BCUT2D eigenvalue weighted by atomic mass is 9.78. The number of benzene rings is 2. The summed E-state index contributed by atoms with van der Waals surface area (Å²) in [6, 6.07) is 19.1. The predicted octanol–water partition coefficient (Wildman–Crippen LogP) is 5.78. The summed E-state index contributed by atoms with van der Waals surface area (Å²) in [7, 11) is 0. The van der Waals surface area contributed by atoms with Crippen LogP contribution in [0.2, 0.25) is 0 Å². The quantitative estimate of drug-likeness (QED) is 0.386. The molecule has 6 rings (SSSR count). The van der Waals surface area contributed by atoms with Gasteiger partial charge >= 0.3 is 0 Å². The number of rotatable bonds is 9. The Bertz CT molecular complexity index is 1190. The second-order valence-electron chi connectivity index (χ2n) is 13.1. The Hall–Kier alpha value is -2.41. The largest absolute Gasteiger partial charge is 0.390 e. The first-order valence-corrected chi connectivity index (χ1v) is 16.2. The second kappa shape index (κ2) is 13.5. The molecule has 2 heterocycles. The van der Waals surface area contributed by atoms with Crippen LogP contribution in [0.5, 0.6) is 0 Å². The van der Waals surface area contributed by atoms with E-state index in [1.165, 1.54) is 29.5 Å². The summed E-state index contributed by atoms with van der Waals surface area (Å²) >= 11 is 0. The van der Waals surface area contributed by atoms with Crippen molar-refractivity contribution in [2.45, 2.75) is 107 Å². The van der Waals surface area contributed by atoms with Crippen LogP contribution in [0, 0.1) is 5.92 Å². The Morgan fingerprint density at radius 3 is 2.21 bits per heavy atom. The first-order valence-electron chi connectivity index (χ1n) is 16.2. The fourth-order valence-corrected chi connectivity index (χ4v) is 7.80. The molecule has 2 unspecified atom stereocenters. The van der Waals surface area contributed by atoms with Crippen LogP contribution in [-0.2, 0) is 16.1 Å². The molecule has 0 radical (unpaired) electrons. The molecule has 7 heteroatoms. The van der Waals surface area contributed by atoms with Crippen molar-refractivity contribution in [2.24, 2.45) is 5.92 Å². The summed E-state index contributed by atoms with van der Waals surface area (Å²) in [6.07, 6.45) is 8.79. The number of likely N-dealkylation sites (tertiary alicyclic amines) is 1. The number of halogens is 1. The SMILES string of the molecule is CCCCN1C(=O)[C@@H]([C@H](O)C2CCCCC2)NC(=O)C12CCN(Cc1ccc(C3CC3c3ccccc3)cc1)CC2.Cl. The van der Waals surface area contributed by atoms with Crippen molar-refractivity contribution in [3.05, 3.63) is 71.3 Å². The lowest BCUT2D eigenvalue weighted by molar-refractivity contribution is -0.166. The first-order chi connectivity index (χ1) is 20.0. The molecular weight excluding hydrogens is 546 g/mol. The maximum atomic E-state index is 13.9. The van der Waals surface area contributed by atoms with Gasteiger partial charge in [0, 0.05) is 26.2 Å². The number of piperidine rings is 1. The van der Waals surface area contributed by atoms with E-state index < -0.39 is 17.7 Å². The third-order valence-electron chi connectivity index (χ3n) is 10.5. The van der Waals surface area contributed by atoms with Gasteiger partial charge in [-0.05, 0) is 73.0 Å². The van der Waals surface area contributed by atoms with Gasteiger partial charge < -0.3 is 15.3 Å². The molecule has 2 aliphatic heterocycles. The highest BCUT2D eigenvalue weighted by Gasteiger charge is 2.55. The van der Waals surface area contributed by atoms with Crippen LogP contribution >= 0.6 is 12.4 Å². The molecule has 2 aliphatic carbocycles. The number of nitrogens with zero attached hydrogens (tertiary/aromatic N) is 2. The average molecular weight is 594 g/mol. The average Bonchev–Trinajstić information content (AvgIpc) is 3.82. The minimum absolute atomic E-state index is 0. The minimum atomic E-state index is -0.808. The van der Waals surface area contributed by atoms with Gasteiger partial charge in [0.15, 0.2) is 0 Å². The Labute approximate surface area is 257 Å². The number of carbonyl (C=O) groups is 2. The van der Waals surface area contributed by atoms with E-state index in [4.69, 9.17) is 0 Å². The predicted molar refractivity (Wildman–Crippen MR) is 169 cm³/mol. The normalized spacial score (nSPS) is 26.9. The minimum Gasteiger partial charge on any atom is -0.390 e. The van der Waals surface area contributed by atoms with E-state index in [1.807, 2.05) is 4.90 Å². The number of unbranched alkanes of at least 4 members (excludes halogenated alkanes) is 1. The smallest absolute Gasteiger partial charge is 0.248 e. The number of aliphatic hydroxyl groups is 1. The Kier molecular flexibility index (Phi) is 9.96. The van der Waals surface area contributed by atoms with Gasteiger partial charge in [-0.3, -0.25) is 14.5 Å². The number of nitrogens with one attached hydrogen (secondary N) is 1. The molecule has 4 aliphatic rings. The Morgan fingerprint density at radius 1 is 0.929 bits per heavy atom. The van der Waals surface area contributed by atoms with Crippen LogP contribution in [0.25, 0.3) is 0 Å². The maximum Gasteiger partial charge on any atom is 0.248 e. The van der Waals surface area contributed by atoms with Gasteiger partial charge in [0.2, 0.25) is 11.8 Å². The van der Waals surface area contributed by atoms with Crippen LogP contribution in [0.4, 0.5) is 0 Å². The van der Waals surface area contributed by atoms with E-state index in [9.17, 15) is 14.7 Å². The molecule has 2 N–H and O–H groups in total. The number of carbonyl (C=O) groups excluding carboxylic acids is 2.